The van der Waals surface area contributed by atoms with E-state index in [0.717, 1.165) is 50.4 Å². The predicted molar refractivity (Wildman–Crippen MR) is 88.4 cm³/mol. The number of nitrogens with one attached hydrogen (secondary N) is 1. The summed E-state index contributed by atoms with van der Waals surface area (Å²) < 4.78 is 0. The molecule has 1 amide bonds. The molecule has 2 saturated heterocycles. The van der Waals surface area contributed by atoms with Crippen LogP contribution in [0.2, 0.25) is 0 Å². The monoisotopic (exact) mass is 315 g/mol. The summed E-state index contributed by atoms with van der Waals surface area (Å²) in [5.41, 5.74) is 1.14. The topological polar surface area (TPSA) is 61.4 Å². The van der Waals surface area contributed by atoms with Crippen LogP contribution in [0, 0.1) is 0 Å². The average molecular weight is 315 g/mol. The minimum Gasteiger partial charge on any atom is -0.355 e. The molecule has 3 heterocycles. The molecule has 1 aliphatic carbocycles. The van der Waals surface area contributed by atoms with E-state index in [4.69, 9.17) is 0 Å². The Labute approximate surface area is 137 Å². The zero-order chi connectivity index (χ0) is 15.8. The normalized spacial score (nSPS) is 25.9. The lowest BCUT2D eigenvalue weighted by molar-refractivity contribution is -0.126. The number of aromatic nitrogens is 2. The highest BCUT2D eigenvalue weighted by molar-refractivity contribution is 5.82. The van der Waals surface area contributed by atoms with Crippen LogP contribution in [0.25, 0.3) is 0 Å². The van der Waals surface area contributed by atoms with Crippen LogP contribution in [0.3, 0.4) is 0 Å². The number of likely N-dealkylation sites (N-methyl/N-ethyl adjacent to an activating group) is 1. The third-order valence-electron chi connectivity index (χ3n) is 5.43. The molecular formula is C17H25N5O. The van der Waals surface area contributed by atoms with E-state index in [1.807, 2.05) is 0 Å². The second-order valence-electron chi connectivity index (χ2n) is 7.12. The quantitative estimate of drug-likeness (QED) is 0.903. The SMILES string of the molecule is CN(C1CN(c2ccc(C3CC3)nn2)C1)C1CCCCNC1=O. The van der Waals surface area contributed by atoms with Gasteiger partial charge in [-0.3, -0.25) is 9.69 Å². The van der Waals surface area contributed by atoms with E-state index < -0.39 is 0 Å². The van der Waals surface area contributed by atoms with Gasteiger partial charge in [-0.25, -0.2) is 0 Å². The number of anilines is 1. The van der Waals surface area contributed by atoms with Crippen LogP contribution in [0.15, 0.2) is 12.1 Å². The summed E-state index contributed by atoms with van der Waals surface area (Å²) in [6, 6.07) is 4.66. The summed E-state index contributed by atoms with van der Waals surface area (Å²) in [6.45, 7) is 2.68. The molecule has 124 valence electrons. The van der Waals surface area contributed by atoms with Crippen molar-refractivity contribution in [3.05, 3.63) is 17.8 Å². The first-order valence-corrected chi connectivity index (χ1v) is 8.80. The van der Waals surface area contributed by atoms with E-state index in [0.29, 0.717) is 12.0 Å². The van der Waals surface area contributed by atoms with Gasteiger partial charge >= 0.3 is 0 Å². The molecule has 0 spiro atoms. The molecule has 1 aromatic rings. The Balaban J connectivity index is 1.33. The standard InChI is InChI=1S/C17H25N5O/c1-21(15-4-2-3-9-18-17(15)23)13-10-22(11-13)16-8-7-14(19-20-16)12-5-6-12/h7-8,12-13,15H,2-6,9-11H2,1H3,(H,18,23). The van der Waals surface area contributed by atoms with E-state index >= 15 is 0 Å². The highest BCUT2D eigenvalue weighted by atomic mass is 16.2. The maximum atomic E-state index is 12.2. The maximum Gasteiger partial charge on any atom is 0.237 e. The van der Waals surface area contributed by atoms with Gasteiger partial charge in [0.15, 0.2) is 5.82 Å². The van der Waals surface area contributed by atoms with Gasteiger partial charge in [0.25, 0.3) is 0 Å². The summed E-state index contributed by atoms with van der Waals surface area (Å²) in [7, 11) is 2.08. The van der Waals surface area contributed by atoms with Crippen molar-refractivity contribution in [2.75, 3.05) is 31.6 Å². The lowest BCUT2D eigenvalue weighted by atomic mass is 10.0. The molecule has 1 saturated carbocycles. The number of hydrogen-bond acceptors (Lipinski definition) is 5. The predicted octanol–water partition coefficient (Wildman–Crippen LogP) is 1.14. The van der Waals surface area contributed by atoms with Crippen molar-refractivity contribution in [3.63, 3.8) is 0 Å². The van der Waals surface area contributed by atoms with Crippen LogP contribution in [0.5, 0.6) is 0 Å². The summed E-state index contributed by atoms with van der Waals surface area (Å²) in [5.74, 6) is 1.81. The van der Waals surface area contributed by atoms with E-state index in [1.54, 1.807) is 0 Å². The van der Waals surface area contributed by atoms with Gasteiger partial charge in [-0.05, 0) is 51.3 Å². The van der Waals surface area contributed by atoms with Crippen molar-refractivity contribution >= 4 is 11.7 Å². The van der Waals surface area contributed by atoms with Crippen molar-refractivity contribution < 1.29 is 4.79 Å². The number of hydrogen-bond donors (Lipinski definition) is 1. The van der Waals surface area contributed by atoms with Gasteiger partial charge < -0.3 is 10.2 Å². The number of carbonyl (C=O) groups excluding carboxylic acids is 1. The summed E-state index contributed by atoms with van der Waals surface area (Å²) in [4.78, 5) is 16.7. The van der Waals surface area contributed by atoms with E-state index in [9.17, 15) is 4.79 Å². The average Bonchev–Trinajstić information content (AvgIpc) is 3.34. The Bertz CT molecular complexity index is 565. The Hall–Kier alpha value is -1.69. The molecule has 0 radical (unpaired) electrons. The van der Waals surface area contributed by atoms with Crippen LogP contribution >= 0.6 is 0 Å². The highest BCUT2D eigenvalue weighted by Crippen LogP contribution is 2.38. The number of rotatable bonds is 4. The first-order chi connectivity index (χ1) is 11.2. The lowest BCUT2D eigenvalue weighted by Crippen LogP contribution is -2.62. The van der Waals surface area contributed by atoms with Crippen LogP contribution in [0.1, 0.15) is 43.7 Å². The van der Waals surface area contributed by atoms with Crippen molar-refractivity contribution in [1.82, 2.24) is 20.4 Å². The Kier molecular flexibility index (Phi) is 3.93. The molecule has 23 heavy (non-hydrogen) atoms. The van der Waals surface area contributed by atoms with Crippen molar-refractivity contribution in [1.29, 1.82) is 0 Å². The zero-order valence-electron chi connectivity index (χ0n) is 13.7. The van der Waals surface area contributed by atoms with Crippen molar-refractivity contribution in [2.45, 2.75) is 50.1 Å². The third kappa shape index (κ3) is 3.04. The van der Waals surface area contributed by atoms with Crippen LogP contribution in [-0.4, -0.2) is 59.8 Å². The fourth-order valence-corrected chi connectivity index (χ4v) is 3.57. The molecular weight excluding hydrogens is 290 g/mol. The fourth-order valence-electron chi connectivity index (χ4n) is 3.57. The number of carbonyl (C=O) groups is 1. The number of nitrogens with zero attached hydrogens (tertiary/aromatic N) is 4. The lowest BCUT2D eigenvalue weighted by Gasteiger charge is -2.46. The molecule has 6 heteroatoms. The molecule has 1 atom stereocenters. The first kappa shape index (κ1) is 14.9. The minimum absolute atomic E-state index is 0.0213. The highest BCUT2D eigenvalue weighted by Gasteiger charge is 2.37. The van der Waals surface area contributed by atoms with Gasteiger partial charge in [0.1, 0.15) is 0 Å². The Morgan fingerprint density at radius 2 is 2.00 bits per heavy atom. The molecule has 0 aromatic carbocycles. The molecule has 6 nitrogen and oxygen atoms in total. The van der Waals surface area contributed by atoms with E-state index in [1.165, 1.54) is 12.8 Å². The van der Waals surface area contributed by atoms with Gasteiger partial charge in [-0.2, -0.15) is 5.10 Å². The largest absolute Gasteiger partial charge is 0.355 e. The molecule has 2 aliphatic heterocycles. The Morgan fingerprint density at radius 3 is 2.70 bits per heavy atom. The van der Waals surface area contributed by atoms with Gasteiger partial charge in [0.05, 0.1) is 11.7 Å². The fraction of sp³-hybridized carbons (Fsp3) is 0.706. The zero-order valence-corrected chi connectivity index (χ0v) is 13.7. The van der Waals surface area contributed by atoms with Gasteiger partial charge in [-0.15, -0.1) is 5.10 Å². The smallest absolute Gasteiger partial charge is 0.237 e. The third-order valence-corrected chi connectivity index (χ3v) is 5.43. The van der Waals surface area contributed by atoms with Crippen molar-refractivity contribution in [3.8, 4) is 0 Å². The van der Waals surface area contributed by atoms with Gasteiger partial charge in [-0.1, -0.05) is 0 Å². The Morgan fingerprint density at radius 1 is 1.17 bits per heavy atom. The minimum atomic E-state index is 0.0213. The van der Waals surface area contributed by atoms with Gasteiger partial charge in [0.2, 0.25) is 5.91 Å². The number of amides is 1. The molecule has 1 aromatic heterocycles. The first-order valence-electron chi connectivity index (χ1n) is 8.80. The van der Waals surface area contributed by atoms with Crippen LogP contribution in [-0.2, 0) is 4.79 Å². The maximum absolute atomic E-state index is 12.2. The van der Waals surface area contributed by atoms with Crippen LogP contribution in [0.4, 0.5) is 5.82 Å². The molecule has 4 rings (SSSR count). The molecule has 1 unspecified atom stereocenters. The molecule has 3 fully saturated rings. The molecule has 1 N–H and O–H groups in total. The van der Waals surface area contributed by atoms with E-state index in [2.05, 4.69) is 44.5 Å². The second-order valence-corrected chi connectivity index (χ2v) is 7.12. The summed E-state index contributed by atoms with van der Waals surface area (Å²) in [6.07, 6.45) is 5.70. The summed E-state index contributed by atoms with van der Waals surface area (Å²) >= 11 is 0. The van der Waals surface area contributed by atoms with E-state index in [-0.39, 0.29) is 11.9 Å². The molecule has 0 bridgehead atoms. The van der Waals surface area contributed by atoms with Crippen LogP contribution < -0.4 is 10.2 Å². The molecule has 3 aliphatic rings. The van der Waals surface area contributed by atoms with Gasteiger partial charge in [0, 0.05) is 31.6 Å². The summed E-state index contributed by atoms with van der Waals surface area (Å²) in [5, 5.41) is 11.8. The van der Waals surface area contributed by atoms with Crippen molar-refractivity contribution in [2.24, 2.45) is 0 Å². The second kappa shape index (κ2) is 6.07.